The Balaban J connectivity index is 1.52. The molecule has 2 heterocycles. The van der Waals surface area contributed by atoms with E-state index in [4.69, 9.17) is 4.74 Å². The van der Waals surface area contributed by atoms with Gasteiger partial charge in [-0.1, -0.05) is 48.5 Å². The molecule has 4 rings (SSSR count). The van der Waals surface area contributed by atoms with Gasteiger partial charge in [0.2, 0.25) is 11.8 Å². The summed E-state index contributed by atoms with van der Waals surface area (Å²) in [7, 11) is 1.34. The minimum Gasteiger partial charge on any atom is -0.467 e. The lowest BCUT2D eigenvalue weighted by Crippen LogP contribution is -2.49. The van der Waals surface area contributed by atoms with Crippen molar-refractivity contribution in [2.75, 3.05) is 38.8 Å². The number of ether oxygens (including phenoxy) is 1. The third kappa shape index (κ3) is 8.05. The minimum absolute atomic E-state index is 0.00751. The van der Waals surface area contributed by atoms with Crippen molar-refractivity contribution in [2.45, 2.75) is 44.3 Å². The van der Waals surface area contributed by atoms with Gasteiger partial charge in [-0.25, -0.2) is 4.79 Å². The molecular weight excluding hydrogens is 524 g/mol. The van der Waals surface area contributed by atoms with E-state index in [1.54, 1.807) is 18.0 Å². The molecule has 8 nitrogen and oxygen atoms in total. The predicted molar refractivity (Wildman–Crippen MR) is 159 cm³/mol. The third-order valence-corrected chi connectivity index (χ3v) is 7.94. The second kappa shape index (κ2) is 14.8. The number of rotatable bonds is 13. The first-order valence-corrected chi connectivity index (χ1v) is 15.1. The molecule has 9 heteroatoms. The highest BCUT2D eigenvalue weighted by Gasteiger charge is 2.31. The number of amides is 2. The molecule has 40 heavy (non-hydrogen) atoms. The van der Waals surface area contributed by atoms with Crippen molar-refractivity contribution in [3.63, 3.8) is 0 Å². The summed E-state index contributed by atoms with van der Waals surface area (Å²) in [5.41, 5.74) is 1.87. The molecule has 0 bridgehead atoms. The Bertz CT molecular complexity index is 1280. The van der Waals surface area contributed by atoms with E-state index >= 15 is 0 Å². The highest BCUT2D eigenvalue weighted by Crippen LogP contribution is 2.23. The fourth-order valence-corrected chi connectivity index (χ4v) is 5.81. The number of fused-ring (bicyclic) bond motifs is 1. The fourth-order valence-electron chi connectivity index (χ4n) is 5.34. The summed E-state index contributed by atoms with van der Waals surface area (Å²) in [6, 6.07) is 19.3. The Labute approximate surface area is 240 Å². The number of nitrogens with one attached hydrogen (secondary N) is 1. The van der Waals surface area contributed by atoms with Crippen LogP contribution in [0.5, 0.6) is 0 Å². The number of pyridine rings is 1. The number of carbonyl (C=O) groups excluding carboxylic acids is 3. The van der Waals surface area contributed by atoms with Crippen molar-refractivity contribution in [3.05, 3.63) is 78.1 Å². The minimum atomic E-state index is -0.688. The molecule has 0 radical (unpaired) electrons. The zero-order valence-electron chi connectivity index (χ0n) is 23.3. The van der Waals surface area contributed by atoms with Gasteiger partial charge in [-0.2, -0.15) is 11.8 Å². The number of likely N-dealkylation sites (tertiary alicyclic amines) is 1. The van der Waals surface area contributed by atoms with Crippen molar-refractivity contribution in [3.8, 4) is 0 Å². The van der Waals surface area contributed by atoms with E-state index < -0.39 is 12.0 Å². The molecular formula is C31H38N4O4S. The lowest BCUT2D eigenvalue weighted by Gasteiger charge is -2.31. The van der Waals surface area contributed by atoms with Gasteiger partial charge >= 0.3 is 5.97 Å². The predicted octanol–water partition coefficient (Wildman–Crippen LogP) is 3.68. The van der Waals surface area contributed by atoms with Crippen LogP contribution in [-0.2, 0) is 32.1 Å². The number of hydrogen-bond donors (Lipinski definition) is 1. The summed E-state index contributed by atoms with van der Waals surface area (Å²) in [6.07, 6.45) is 6.23. The Hall–Kier alpha value is -3.43. The smallest absolute Gasteiger partial charge is 0.328 e. The molecule has 1 saturated heterocycles. The highest BCUT2D eigenvalue weighted by atomic mass is 32.2. The van der Waals surface area contributed by atoms with Gasteiger partial charge in [0.05, 0.1) is 20.1 Å². The van der Waals surface area contributed by atoms with Crippen molar-refractivity contribution in [1.82, 2.24) is 20.1 Å². The van der Waals surface area contributed by atoms with E-state index in [9.17, 15) is 14.4 Å². The number of thioether (sulfide) groups is 1. The van der Waals surface area contributed by atoms with Crippen LogP contribution in [0.3, 0.4) is 0 Å². The van der Waals surface area contributed by atoms with Crippen molar-refractivity contribution in [1.29, 1.82) is 0 Å². The zero-order chi connectivity index (χ0) is 28.3. The summed E-state index contributed by atoms with van der Waals surface area (Å²) in [5.74, 6) is 0.111. The average molecular weight is 563 g/mol. The monoisotopic (exact) mass is 562 g/mol. The molecule has 0 saturated carbocycles. The summed E-state index contributed by atoms with van der Waals surface area (Å²) in [4.78, 5) is 47.2. The molecule has 0 spiro atoms. The van der Waals surface area contributed by atoms with Crippen LogP contribution >= 0.6 is 11.8 Å². The molecule has 212 valence electrons. The van der Waals surface area contributed by atoms with Crippen molar-refractivity contribution in [2.24, 2.45) is 0 Å². The van der Waals surface area contributed by atoms with Gasteiger partial charge in [-0.05, 0) is 59.7 Å². The second-order valence-corrected chi connectivity index (χ2v) is 11.1. The summed E-state index contributed by atoms with van der Waals surface area (Å²) < 4.78 is 4.93. The first kappa shape index (κ1) is 29.6. The molecule has 2 amide bonds. The molecule has 1 fully saturated rings. The maximum atomic E-state index is 13.3. The van der Waals surface area contributed by atoms with E-state index in [2.05, 4.69) is 39.5 Å². The van der Waals surface area contributed by atoms with Gasteiger partial charge in [-0.3, -0.25) is 19.5 Å². The van der Waals surface area contributed by atoms with Gasteiger partial charge in [0.15, 0.2) is 0 Å². The van der Waals surface area contributed by atoms with Gasteiger partial charge < -0.3 is 15.0 Å². The van der Waals surface area contributed by atoms with Gasteiger partial charge in [0.1, 0.15) is 6.04 Å². The van der Waals surface area contributed by atoms with Crippen LogP contribution < -0.4 is 5.32 Å². The molecule has 2 atom stereocenters. The number of hydrogen-bond acceptors (Lipinski definition) is 7. The van der Waals surface area contributed by atoms with Crippen LogP contribution in [0.15, 0.2) is 66.9 Å². The topological polar surface area (TPSA) is 91.8 Å². The number of methoxy groups -OCH3 is 1. The Morgan fingerprint density at radius 3 is 2.70 bits per heavy atom. The van der Waals surface area contributed by atoms with E-state index in [1.165, 1.54) is 7.11 Å². The van der Waals surface area contributed by atoms with E-state index in [1.807, 2.05) is 47.6 Å². The molecule has 0 aliphatic carbocycles. The van der Waals surface area contributed by atoms with Crippen LogP contribution in [0, 0.1) is 0 Å². The Morgan fingerprint density at radius 2 is 1.93 bits per heavy atom. The molecule has 1 aliphatic heterocycles. The van der Waals surface area contributed by atoms with Crippen LogP contribution in [0.1, 0.15) is 30.5 Å². The number of nitrogens with zero attached hydrogens (tertiary/aromatic N) is 3. The van der Waals surface area contributed by atoms with Crippen LogP contribution in [-0.4, -0.2) is 83.4 Å². The first-order valence-electron chi connectivity index (χ1n) is 13.7. The van der Waals surface area contributed by atoms with Crippen LogP contribution in [0.2, 0.25) is 0 Å². The fraction of sp³-hybridized carbons (Fsp3) is 0.419. The maximum Gasteiger partial charge on any atom is 0.328 e. The average Bonchev–Trinajstić information content (AvgIpc) is 3.43. The number of esters is 1. The summed E-state index contributed by atoms with van der Waals surface area (Å²) in [5, 5.41) is 5.17. The summed E-state index contributed by atoms with van der Waals surface area (Å²) >= 11 is 1.61. The normalized spacial score (nSPS) is 15.8. The standard InChI is InChI=1S/C31H38N4O4S/c1-39-31(38)28(15-18-40-2)33-29(36)22-34(20-24-11-7-10-23-9-3-4-14-27(23)24)21-26-13-8-17-35(26)30(37)19-25-12-5-6-16-32-25/h3-7,9-12,14,16,26,28H,8,13,15,17-22H2,1-2H3,(H,33,36)/t26-,28-/m0/s1. The maximum absolute atomic E-state index is 13.3. The quantitative estimate of drug-likeness (QED) is 0.318. The molecule has 2 aromatic carbocycles. The van der Waals surface area contributed by atoms with Crippen molar-refractivity contribution >= 4 is 40.3 Å². The third-order valence-electron chi connectivity index (χ3n) is 7.30. The SMILES string of the molecule is COC(=O)[C@H](CCSC)NC(=O)CN(Cc1cccc2ccccc12)C[C@@H]1CCCN1C(=O)Cc1ccccn1. The largest absolute Gasteiger partial charge is 0.467 e. The zero-order valence-corrected chi connectivity index (χ0v) is 24.1. The highest BCUT2D eigenvalue weighted by molar-refractivity contribution is 7.98. The van der Waals surface area contributed by atoms with Gasteiger partial charge in [0, 0.05) is 37.6 Å². The van der Waals surface area contributed by atoms with Crippen LogP contribution in [0.4, 0.5) is 0 Å². The molecule has 3 aromatic rings. The van der Waals surface area contributed by atoms with E-state index in [0.717, 1.165) is 40.6 Å². The molecule has 1 aliphatic rings. The first-order chi connectivity index (χ1) is 19.5. The van der Waals surface area contributed by atoms with E-state index in [-0.39, 0.29) is 30.8 Å². The summed E-state index contributed by atoms with van der Waals surface area (Å²) in [6.45, 7) is 1.90. The Kier molecular flexibility index (Phi) is 10.9. The molecule has 0 unspecified atom stereocenters. The van der Waals surface area contributed by atoms with Crippen molar-refractivity contribution < 1.29 is 19.1 Å². The van der Waals surface area contributed by atoms with E-state index in [0.29, 0.717) is 26.1 Å². The lowest BCUT2D eigenvalue weighted by atomic mass is 10.0. The number of aromatic nitrogens is 1. The number of benzene rings is 2. The van der Waals surface area contributed by atoms with Gasteiger partial charge in [0.25, 0.3) is 0 Å². The molecule has 1 N–H and O–H groups in total. The Morgan fingerprint density at radius 1 is 1.12 bits per heavy atom. The molecule has 1 aromatic heterocycles. The lowest BCUT2D eigenvalue weighted by molar-refractivity contribution is -0.145. The van der Waals surface area contributed by atoms with Crippen LogP contribution in [0.25, 0.3) is 10.8 Å². The van der Waals surface area contributed by atoms with Gasteiger partial charge in [-0.15, -0.1) is 0 Å². The number of carbonyl (C=O) groups is 3. The second-order valence-electron chi connectivity index (χ2n) is 10.1.